The van der Waals surface area contributed by atoms with Crippen LogP contribution in [-0.2, 0) is 19.1 Å². The molecule has 2 N–H and O–H groups in total. The van der Waals surface area contributed by atoms with E-state index in [1.165, 1.54) is 35.5 Å². The van der Waals surface area contributed by atoms with Crippen LogP contribution in [0.1, 0.15) is 44.7 Å². The van der Waals surface area contributed by atoms with Gasteiger partial charge in [0.05, 0.1) is 19.0 Å². The smallest absolute Gasteiger partial charge is 0.407 e. The first-order chi connectivity index (χ1) is 29.3. The van der Waals surface area contributed by atoms with Crippen LogP contribution in [0.2, 0.25) is 0 Å². The number of nitrogens with one attached hydrogen (secondary N) is 1. The number of alkyl carbamates (subject to hydrolysis) is 1. The molecule has 9 nitrogen and oxygen atoms in total. The molecule has 1 saturated heterocycles. The van der Waals surface area contributed by atoms with Crippen LogP contribution in [-0.4, -0.2) is 72.4 Å². The van der Waals surface area contributed by atoms with E-state index in [1.807, 2.05) is 91.0 Å². The van der Waals surface area contributed by atoms with Crippen molar-refractivity contribution in [3.05, 3.63) is 191 Å². The molecule has 60 heavy (non-hydrogen) atoms. The van der Waals surface area contributed by atoms with Crippen LogP contribution in [0.5, 0.6) is 11.5 Å². The van der Waals surface area contributed by atoms with E-state index in [1.54, 1.807) is 25.3 Å². The highest BCUT2D eigenvalue weighted by Crippen LogP contribution is 2.50. The van der Waals surface area contributed by atoms with Gasteiger partial charge in [0.2, 0.25) is 5.91 Å². The van der Waals surface area contributed by atoms with Crippen molar-refractivity contribution in [2.75, 3.05) is 32.3 Å². The Morgan fingerprint density at radius 2 is 1.27 bits per heavy atom. The quantitative estimate of drug-likeness (QED) is 0.104. The molecule has 0 saturated carbocycles. The summed E-state index contributed by atoms with van der Waals surface area (Å²) in [5.74, 6) is -0.717. The van der Waals surface area contributed by atoms with Gasteiger partial charge in [-0.1, -0.05) is 140 Å². The molecule has 0 bridgehead atoms. The zero-order chi connectivity index (χ0) is 41.6. The number of methoxy groups -OCH3 is 2. The maximum absolute atomic E-state index is 15.3. The highest BCUT2D eigenvalue weighted by molar-refractivity contribution is 8.00. The molecule has 0 aromatic heterocycles. The predicted octanol–water partition coefficient (Wildman–Crippen LogP) is 9.36. The molecule has 3 atom stereocenters. The zero-order valence-electron chi connectivity index (χ0n) is 33.1. The summed E-state index contributed by atoms with van der Waals surface area (Å²) < 4.78 is 16.4. The summed E-state index contributed by atoms with van der Waals surface area (Å²) >= 11 is 2.82. The van der Waals surface area contributed by atoms with Gasteiger partial charge < -0.3 is 29.5 Å². The van der Waals surface area contributed by atoms with Crippen molar-refractivity contribution in [1.82, 2.24) is 10.2 Å². The number of hydrogen-bond donors (Lipinski definition) is 2. The molecule has 1 aliphatic heterocycles. The molecule has 0 radical (unpaired) electrons. The summed E-state index contributed by atoms with van der Waals surface area (Å²) in [5.41, 5.74) is 7.83. The SMILES string of the molecule is COc1ccc(C2SCC(C(=O)O)N2C(=O)C(CSC(c2ccccc2)(c2ccccc2)c2ccccc2)NC(=O)OCC2c3ccccc3-c3ccccc32)c(OC)c1. The maximum atomic E-state index is 15.3. The van der Waals surface area contributed by atoms with Gasteiger partial charge in [-0.3, -0.25) is 4.79 Å². The van der Waals surface area contributed by atoms with Gasteiger partial charge in [0.1, 0.15) is 35.6 Å². The molecule has 8 rings (SSSR count). The molecule has 2 amide bonds. The molecule has 3 unspecified atom stereocenters. The molecule has 11 heteroatoms. The molecule has 6 aromatic rings. The van der Waals surface area contributed by atoms with Crippen LogP contribution in [0.15, 0.2) is 158 Å². The molecular formula is C49H44N2O7S2. The number of benzene rings is 6. The topological polar surface area (TPSA) is 114 Å². The Morgan fingerprint density at radius 1 is 0.733 bits per heavy atom. The number of carbonyl (C=O) groups excluding carboxylic acids is 2. The van der Waals surface area contributed by atoms with Crippen molar-refractivity contribution in [2.45, 2.75) is 28.1 Å². The van der Waals surface area contributed by atoms with E-state index in [0.717, 1.165) is 38.9 Å². The molecule has 304 valence electrons. The normalized spacial score (nSPS) is 16.3. The number of rotatable bonds is 14. The summed E-state index contributed by atoms with van der Waals surface area (Å²) in [6.07, 6.45) is -0.780. The fourth-order valence-corrected chi connectivity index (χ4v) is 11.3. The standard InChI is InChI=1S/C49H44N2O7S2/c1-56-35-26-27-40(44(28-35)57-2)46-51(43(31-59-46)47(53)54)45(52)42(50-48(55)58-29-41-38-24-14-12-22-36(38)37-23-13-15-25-39(37)41)30-60-49(32-16-6-3-7-17-32,33-18-8-4-9-19-33)34-20-10-5-11-21-34/h3-28,41-43,46H,29-31H2,1-2H3,(H,50,55)(H,53,54). The second-order valence-electron chi connectivity index (χ2n) is 14.5. The van der Waals surface area contributed by atoms with Crippen LogP contribution in [0, 0.1) is 0 Å². The minimum absolute atomic E-state index is 0.0406. The van der Waals surface area contributed by atoms with Gasteiger partial charge in [-0.05, 0) is 51.1 Å². The third-order valence-corrected chi connectivity index (χ3v) is 14.1. The monoisotopic (exact) mass is 836 g/mol. The summed E-state index contributed by atoms with van der Waals surface area (Å²) in [6, 6.07) is 49.2. The average Bonchev–Trinajstić information content (AvgIpc) is 3.89. The number of hydrogen-bond acceptors (Lipinski definition) is 8. The second kappa shape index (κ2) is 18.0. The third-order valence-electron chi connectivity index (χ3n) is 11.2. The Kier molecular flexibility index (Phi) is 12.2. The number of aliphatic carboxylic acids is 1. The lowest BCUT2D eigenvalue weighted by Crippen LogP contribution is -2.54. The number of thioether (sulfide) groups is 2. The molecule has 2 aliphatic rings. The number of carboxylic acid groups (broad SMARTS) is 1. The van der Waals surface area contributed by atoms with Gasteiger partial charge in [-0.2, -0.15) is 0 Å². The first kappa shape index (κ1) is 40.6. The molecular weight excluding hydrogens is 793 g/mol. The minimum Gasteiger partial charge on any atom is -0.497 e. The molecule has 1 aliphatic carbocycles. The van der Waals surface area contributed by atoms with Crippen LogP contribution in [0.3, 0.4) is 0 Å². The molecule has 1 heterocycles. The number of nitrogens with zero attached hydrogens (tertiary/aromatic N) is 1. The fraction of sp³-hybridized carbons (Fsp3) is 0.204. The summed E-state index contributed by atoms with van der Waals surface area (Å²) in [7, 11) is 3.07. The van der Waals surface area contributed by atoms with Crippen molar-refractivity contribution >= 4 is 41.5 Å². The average molecular weight is 837 g/mol. The number of amides is 2. The molecule has 0 spiro atoms. The molecule has 6 aromatic carbocycles. The Bertz CT molecular complexity index is 2330. The van der Waals surface area contributed by atoms with Crippen LogP contribution in [0.4, 0.5) is 4.79 Å². The van der Waals surface area contributed by atoms with E-state index < -0.39 is 40.2 Å². The first-order valence-electron chi connectivity index (χ1n) is 19.6. The van der Waals surface area contributed by atoms with Crippen molar-refractivity contribution in [2.24, 2.45) is 0 Å². The van der Waals surface area contributed by atoms with Crippen LogP contribution < -0.4 is 14.8 Å². The highest BCUT2D eigenvalue weighted by Gasteiger charge is 2.47. The predicted molar refractivity (Wildman–Crippen MR) is 237 cm³/mol. The zero-order valence-corrected chi connectivity index (χ0v) is 34.7. The Morgan fingerprint density at radius 3 is 1.78 bits per heavy atom. The van der Waals surface area contributed by atoms with Gasteiger partial charge in [-0.15, -0.1) is 23.5 Å². The van der Waals surface area contributed by atoms with Gasteiger partial charge in [-0.25, -0.2) is 9.59 Å². The minimum atomic E-state index is -1.21. The van der Waals surface area contributed by atoms with Crippen LogP contribution in [0.25, 0.3) is 11.1 Å². The van der Waals surface area contributed by atoms with E-state index >= 15 is 4.79 Å². The van der Waals surface area contributed by atoms with Crippen molar-refractivity contribution in [3.63, 3.8) is 0 Å². The van der Waals surface area contributed by atoms with Crippen molar-refractivity contribution in [3.8, 4) is 22.6 Å². The fourth-order valence-electron chi connectivity index (χ4n) is 8.34. The maximum Gasteiger partial charge on any atom is 0.407 e. The Balaban J connectivity index is 1.17. The lowest BCUT2D eigenvalue weighted by Gasteiger charge is -2.37. The summed E-state index contributed by atoms with van der Waals surface area (Å²) in [4.78, 5) is 43.8. The lowest BCUT2D eigenvalue weighted by atomic mass is 9.84. The first-order valence-corrected chi connectivity index (χ1v) is 21.7. The van der Waals surface area contributed by atoms with E-state index in [-0.39, 0.29) is 24.0 Å². The second-order valence-corrected chi connectivity index (χ2v) is 16.9. The Hall–Kier alpha value is -6.17. The van der Waals surface area contributed by atoms with Crippen LogP contribution >= 0.6 is 23.5 Å². The number of ether oxygens (including phenoxy) is 3. The van der Waals surface area contributed by atoms with Gasteiger partial charge in [0, 0.05) is 29.1 Å². The van der Waals surface area contributed by atoms with E-state index in [0.29, 0.717) is 17.1 Å². The van der Waals surface area contributed by atoms with Gasteiger partial charge in [0.25, 0.3) is 0 Å². The Labute approximate surface area is 358 Å². The van der Waals surface area contributed by atoms with E-state index in [9.17, 15) is 14.7 Å². The number of carboxylic acids is 1. The summed E-state index contributed by atoms with van der Waals surface area (Å²) in [6.45, 7) is 0.0406. The van der Waals surface area contributed by atoms with E-state index in [2.05, 4.69) is 53.8 Å². The highest BCUT2D eigenvalue weighted by atomic mass is 32.2. The third kappa shape index (κ3) is 7.82. The lowest BCUT2D eigenvalue weighted by molar-refractivity contribution is -0.149. The van der Waals surface area contributed by atoms with Crippen molar-refractivity contribution < 1.29 is 33.7 Å². The molecule has 1 fully saturated rings. The van der Waals surface area contributed by atoms with Gasteiger partial charge >= 0.3 is 12.1 Å². The van der Waals surface area contributed by atoms with Crippen molar-refractivity contribution in [1.29, 1.82) is 0 Å². The number of fused-ring (bicyclic) bond motifs is 3. The van der Waals surface area contributed by atoms with E-state index in [4.69, 9.17) is 14.2 Å². The summed E-state index contributed by atoms with van der Waals surface area (Å²) in [5, 5.41) is 12.8. The largest absolute Gasteiger partial charge is 0.497 e. The number of carbonyl (C=O) groups is 3. The van der Waals surface area contributed by atoms with Gasteiger partial charge in [0.15, 0.2) is 0 Å².